The standard InChI is InChI=1S/C11H13N3O/c12-8-6-13-15-11(8)10-5-7-3-1-2-4-9(7)14-10/h5-6,14H,1-4,12H2. The van der Waals surface area contributed by atoms with Crippen LogP contribution in [0.4, 0.5) is 5.69 Å². The molecule has 0 bridgehead atoms. The second kappa shape index (κ2) is 3.15. The minimum Gasteiger partial charge on any atom is -0.394 e. The average molecular weight is 203 g/mol. The fourth-order valence-corrected chi connectivity index (χ4v) is 2.18. The van der Waals surface area contributed by atoms with Crippen molar-refractivity contribution in [1.82, 2.24) is 10.1 Å². The molecule has 0 fully saturated rings. The van der Waals surface area contributed by atoms with Gasteiger partial charge in [-0.05, 0) is 37.3 Å². The Kier molecular flexibility index (Phi) is 1.80. The van der Waals surface area contributed by atoms with E-state index in [-0.39, 0.29) is 0 Å². The van der Waals surface area contributed by atoms with Gasteiger partial charge in [0.05, 0.1) is 11.9 Å². The molecule has 3 rings (SSSR count). The van der Waals surface area contributed by atoms with E-state index in [0.717, 1.165) is 18.5 Å². The van der Waals surface area contributed by atoms with Gasteiger partial charge < -0.3 is 15.2 Å². The number of nitrogens with one attached hydrogen (secondary N) is 1. The number of aromatic nitrogens is 2. The lowest BCUT2D eigenvalue weighted by atomic mass is 9.98. The molecule has 0 aromatic carbocycles. The zero-order valence-corrected chi connectivity index (χ0v) is 8.42. The Labute approximate surface area is 87.5 Å². The highest BCUT2D eigenvalue weighted by Crippen LogP contribution is 2.29. The summed E-state index contributed by atoms with van der Waals surface area (Å²) in [5, 5.41) is 3.68. The Bertz CT molecular complexity index is 460. The SMILES string of the molecule is Nc1cnoc1-c1cc2c([nH]1)CCCC2. The summed E-state index contributed by atoms with van der Waals surface area (Å²) in [4.78, 5) is 3.36. The molecule has 0 spiro atoms. The van der Waals surface area contributed by atoms with Crippen LogP contribution < -0.4 is 5.73 Å². The molecule has 0 unspecified atom stereocenters. The van der Waals surface area contributed by atoms with Crippen LogP contribution in [0.5, 0.6) is 0 Å². The van der Waals surface area contributed by atoms with Crippen molar-refractivity contribution >= 4 is 5.69 Å². The van der Waals surface area contributed by atoms with Crippen molar-refractivity contribution in [3.05, 3.63) is 23.5 Å². The van der Waals surface area contributed by atoms with Gasteiger partial charge in [0.15, 0.2) is 0 Å². The molecule has 2 heterocycles. The molecular weight excluding hydrogens is 190 g/mol. The first kappa shape index (κ1) is 8.59. The second-order valence-electron chi connectivity index (χ2n) is 4.00. The van der Waals surface area contributed by atoms with Gasteiger partial charge in [-0.2, -0.15) is 0 Å². The van der Waals surface area contributed by atoms with Crippen LogP contribution in [0.3, 0.4) is 0 Å². The first-order valence-electron chi connectivity index (χ1n) is 5.26. The number of rotatable bonds is 1. The fraction of sp³-hybridized carbons (Fsp3) is 0.364. The Balaban J connectivity index is 2.06. The van der Waals surface area contributed by atoms with E-state index in [1.807, 2.05) is 0 Å². The quantitative estimate of drug-likeness (QED) is 0.746. The number of aryl methyl sites for hydroxylation is 2. The molecular formula is C11H13N3O. The van der Waals surface area contributed by atoms with Gasteiger partial charge in [-0.3, -0.25) is 0 Å². The van der Waals surface area contributed by atoms with Crippen molar-refractivity contribution in [3.8, 4) is 11.5 Å². The summed E-state index contributed by atoms with van der Waals surface area (Å²) in [6, 6.07) is 2.13. The van der Waals surface area contributed by atoms with E-state index in [9.17, 15) is 0 Å². The molecule has 0 saturated carbocycles. The Morgan fingerprint density at radius 2 is 2.20 bits per heavy atom. The maximum absolute atomic E-state index is 5.75. The molecule has 2 aromatic heterocycles. The van der Waals surface area contributed by atoms with Crippen LogP contribution >= 0.6 is 0 Å². The average Bonchev–Trinajstić information content (AvgIpc) is 2.82. The van der Waals surface area contributed by atoms with Crippen LogP contribution in [0.25, 0.3) is 11.5 Å². The smallest absolute Gasteiger partial charge is 0.205 e. The van der Waals surface area contributed by atoms with Crippen molar-refractivity contribution in [2.45, 2.75) is 25.7 Å². The molecule has 3 N–H and O–H groups in total. The Morgan fingerprint density at radius 1 is 1.33 bits per heavy atom. The minimum atomic E-state index is 0.591. The fourth-order valence-electron chi connectivity index (χ4n) is 2.18. The second-order valence-corrected chi connectivity index (χ2v) is 4.00. The van der Waals surface area contributed by atoms with E-state index >= 15 is 0 Å². The van der Waals surface area contributed by atoms with Crippen LogP contribution in [0.1, 0.15) is 24.1 Å². The number of hydrogen-bond donors (Lipinski definition) is 2. The summed E-state index contributed by atoms with van der Waals surface area (Å²) in [5.74, 6) is 0.657. The normalized spacial score (nSPS) is 15.2. The molecule has 1 aliphatic rings. The predicted octanol–water partition coefficient (Wildman–Crippen LogP) is 2.13. The highest BCUT2D eigenvalue weighted by molar-refractivity contribution is 5.68. The third kappa shape index (κ3) is 1.33. The molecule has 0 saturated heterocycles. The first-order chi connectivity index (χ1) is 7.34. The Morgan fingerprint density at radius 3 is 2.93 bits per heavy atom. The zero-order valence-electron chi connectivity index (χ0n) is 8.42. The van der Waals surface area contributed by atoms with Crippen molar-refractivity contribution in [1.29, 1.82) is 0 Å². The summed E-state index contributed by atoms with van der Waals surface area (Å²) >= 11 is 0. The topological polar surface area (TPSA) is 67.8 Å². The number of hydrogen-bond acceptors (Lipinski definition) is 3. The van der Waals surface area contributed by atoms with Crippen LogP contribution in [0.15, 0.2) is 16.8 Å². The van der Waals surface area contributed by atoms with Gasteiger partial charge in [0.2, 0.25) is 5.76 Å². The third-order valence-electron chi connectivity index (χ3n) is 2.96. The number of nitrogens with zero attached hydrogens (tertiary/aromatic N) is 1. The monoisotopic (exact) mass is 203 g/mol. The predicted molar refractivity (Wildman–Crippen MR) is 57.3 cm³/mol. The van der Waals surface area contributed by atoms with Gasteiger partial charge in [0, 0.05) is 5.69 Å². The van der Waals surface area contributed by atoms with Gasteiger partial charge >= 0.3 is 0 Å². The summed E-state index contributed by atoms with van der Waals surface area (Å²) in [6.07, 6.45) is 6.35. The van der Waals surface area contributed by atoms with E-state index in [4.69, 9.17) is 10.3 Å². The molecule has 0 amide bonds. The van der Waals surface area contributed by atoms with Crippen molar-refractivity contribution in [3.63, 3.8) is 0 Å². The van der Waals surface area contributed by atoms with Gasteiger partial charge in [-0.1, -0.05) is 5.16 Å². The van der Waals surface area contributed by atoms with Gasteiger partial charge in [0.25, 0.3) is 0 Å². The van der Waals surface area contributed by atoms with Crippen molar-refractivity contribution in [2.75, 3.05) is 5.73 Å². The summed E-state index contributed by atoms with van der Waals surface area (Å²) in [5.41, 5.74) is 10.0. The van der Waals surface area contributed by atoms with E-state index < -0.39 is 0 Å². The van der Waals surface area contributed by atoms with E-state index in [2.05, 4.69) is 16.2 Å². The summed E-state index contributed by atoms with van der Waals surface area (Å²) in [6.45, 7) is 0. The lowest BCUT2D eigenvalue weighted by Gasteiger charge is -2.08. The van der Waals surface area contributed by atoms with Crippen LogP contribution in [-0.4, -0.2) is 10.1 Å². The van der Waals surface area contributed by atoms with Gasteiger partial charge in [-0.15, -0.1) is 0 Å². The highest BCUT2D eigenvalue weighted by atomic mass is 16.5. The number of anilines is 1. The molecule has 2 aromatic rings. The lowest BCUT2D eigenvalue weighted by molar-refractivity contribution is 0.431. The molecule has 1 aliphatic carbocycles. The number of nitrogens with two attached hydrogens (primary N) is 1. The van der Waals surface area contributed by atoms with Crippen LogP contribution in [0.2, 0.25) is 0 Å². The molecule has 15 heavy (non-hydrogen) atoms. The highest BCUT2D eigenvalue weighted by Gasteiger charge is 2.16. The zero-order chi connectivity index (χ0) is 10.3. The molecule has 78 valence electrons. The Hall–Kier alpha value is -1.71. The van der Waals surface area contributed by atoms with Crippen LogP contribution in [-0.2, 0) is 12.8 Å². The molecule has 4 nitrogen and oxygen atoms in total. The van der Waals surface area contributed by atoms with E-state index in [1.165, 1.54) is 30.3 Å². The van der Waals surface area contributed by atoms with E-state index in [0.29, 0.717) is 11.4 Å². The van der Waals surface area contributed by atoms with E-state index in [1.54, 1.807) is 0 Å². The van der Waals surface area contributed by atoms with Gasteiger partial charge in [-0.25, -0.2) is 0 Å². The van der Waals surface area contributed by atoms with Crippen molar-refractivity contribution in [2.24, 2.45) is 0 Å². The number of H-pyrrole nitrogens is 1. The number of nitrogen functional groups attached to an aromatic ring is 1. The van der Waals surface area contributed by atoms with Crippen LogP contribution in [0, 0.1) is 0 Å². The largest absolute Gasteiger partial charge is 0.394 e. The molecule has 0 aliphatic heterocycles. The first-order valence-corrected chi connectivity index (χ1v) is 5.26. The van der Waals surface area contributed by atoms with Crippen molar-refractivity contribution < 1.29 is 4.52 Å². The lowest BCUT2D eigenvalue weighted by Crippen LogP contribution is -1.99. The maximum Gasteiger partial charge on any atom is 0.205 e. The summed E-state index contributed by atoms with van der Waals surface area (Å²) in [7, 11) is 0. The molecule has 4 heteroatoms. The third-order valence-corrected chi connectivity index (χ3v) is 2.96. The molecule has 0 atom stereocenters. The summed E-state index contributed by atoms with van der Waals surface area (Å²) < 4.78 is 5.12. The van der Waals surface area contributed by atoms with Gasteiger partial charge in [0.1, 0.15) is 5.69 Å². The minimum absolute atomic E-state index is 0.591. The maximum atomic E-state index is 5.75. The number of aromatic amines is 1. The molecule has 0 radical (unpaired) electrons. The number of fused-ring (bicyclic) bond motifs is 1.